The largest absolute Gasteiger partial charge is 0.488 e. The Morgan fingerprint density at radius 2 is 1.77 bits per heavy atom. The maximum Gasteiger partial charge on any atom is 0.411 e. The van der Waals surface area contributed by atoms with Gasteiger partial charge in [-0.05, 0) is 62.7 Å². The number of imide groups is 1. The smallest absolute Gasteiger partial charge is 0.411 e. The van der Waals surface area contributed by atoms with Crippen molar-refractivity contribution in [2.45, 2.75) is 57.9 Å². The van der Waals surface area contributed by atoms with Gasteiger partial charge in [-0.2, -0.15) is 4.80 Å². The second-order valence-corrected chi connectivity index (χ2v) is 11.4. The summed E-state index contributed by atoms with van der Waals surface area (Å²) in [6, 6.07) is 13.8. The lowest BCUT2D eigenvalue weighted by atomic mass is 10.1. The topological polar surface area (TPSA) is 120 Å². The molecule has 3 aromatic rings. The molecule has 0 bridgehead atoms. The second-order valence-electron chi connectivity index (χ2n) is 10.5. The summed E-state index contributed by atoms with van der Waals surface area (Å²) < 4.78 is 12.7. The van der Waals surface area contributed by atoms with E-state index in [1.54, 1.807) is 29.2 Å². The highest BCUT2D eigenvalue weighted by atomic mass is 79.9. The Labute approximate surface area is 234 Å². The van der Waals surface area contributed by atoms with E-state index in [1.165, 1.54) is 9.70 Å². The van der Waals surface area contributed by atoms with E-state index in [2.05, 4.69) is 31.3 Å². The Morgan fingerprint density at radius 1 is 1.05 bits per heavy atom. The number of fused-ring (bicyclic) bond motifs is 1. The van der Waals surface area contributed by atoms with Gasteiger partial charge in [0.2, 0.25) is 0 Å². The first-order chi connectivity index (χ1) is 18.6. The van der Waals surface area contributed by atoms with E-state index in [0.29, 0.717) is 48.6 Å². The number of carbonyl (C=O) groups is 3. The molecule has 0 spiro atoms. The molecule has 0 saturated carbocycles. The zero-order chi connectivity index (χ0) is 27.7. The molecular formula is C27H29BrN6O5. The number of rotatable bonds is 7. The van der Waals surface area contributed by atoms with Crippen molar-refractivity contribution < 1.29 is 23.9 Å². The number of aryl methyl sites for hydroxylation is 1. The Kier molecular flexibility index (Phi) is 7.39. The molecule has 3 amide bonds. The van der Waals surface area contributed by atoms with Crippen molar-refractivity contribution in [3.8, 4) is 5.75 Å². The minimum absolute atomic E-state index is 0.235. The number of carbonyl (C=O) groups excluding carboxylic acids is 3. The van der Waals surface area contributed by atoms with Gasteiger partial charge < -0.3 is 9.47 Å². The average Bonchev–Trinajstić information content (AvgIpc) is 3.57. The van der Waals surface area contributed by atoms with E-state index in [9.17, 15) is 14.4 Å². The molecule has 1 saturated heterocycles. The fourth-order valence-corrected chi connectivity index (χ4v) is 5.06. The maximum atomic E-state index is 13.1. The van der Waals surface area contributed by atoms with Crippen molar-refractivity contribution in [3.63, 3.8) is 0 Å². The zero-order valence-electron chi connectivity index (χ0n) is 21.9. The Balaban J connectivity index is 1.25. The number of benzene rings is 2. The predicted molar refractivity (Wildman–Crippen MR) is 143 cm³/mol. The summed E-state index contributed by atoms with van der Waals surface area (Å²) in [5, 5.41) is 12.9. The minimum Gasteiger partial charge on any atom is -0.488 e. The van der Waals surface area contributed by atoms with E-state index < -0.39 is 17.7 Å². The lowest BCUT2D eigenvalue weighted by Gasteiger charge is -2.27. The molecule has 0 N–H and O–H groups in total. The van der Waals surface area contributed by atoms with Crippen molar-refractivity contribution in [1.82, 2.24) is 30.0 Å². The van der Waals surface area contributed by atoms with Gasteiger partial charge in [-0.15, -0.1) is 10.2 Å². The van der Waals surface area contributed by atoms with Gasteiger partial charge in [0, 0.05) is 17.4 Å². The lowest BCUT2D eigenvalue weighted by molar-refractivity contribution is 0.0204. The number of amides is 3. The molecule has 39 heavy (non-hydrogen) atoms. The van der Waals surface area contributed by atoms with Crippen molar-refractivity contribution in [2.75, 3.05) is 13.1 Å². The highest BCUT2D eigenvalue weighted by Crippen LogP contribution is 2.34. The normalized spacial score (nSPS) is 19.0. The first-order valence-electron chi connectivity index (χ1n) is 12.7. The highest BCUT2D eigenvalue weighted by Gasteiger charge is 2.42. The van der Waals surface area contributed by atoms with Crippen LogP contribution in [-0.4, -0.2) is 72.7 Å². The van der Waals surface area contributed by atoms with Crippen LogP contribution in [0.4, 0.5) is 4.79 Å². The lowest BCUT2D eigenvalue weighted by Crippen LogP contribution is -2.38. The van der Waals surface area contributed by atoms with Crippen LogP contribution in [0.5, 0.6) is 5.75 Å². The molecule has 204 valence electrons. The number of halogens is 1. The van der Waals surface area contributed by atoms with Crippen molar-refractivity contribution >= 4 is 33.8 Å². The fourth-order valence-electron chi connectivity index (χ4n) is 4.68. The van der Waals surface area contributed by atoms with Gasteiger partial charge in [0.25, 0.3) is 11.8 Å². The number of nitrogens with zero attached hydrogens (tertiary/aromatic N) is 6. The highest BCUT2D eigenvalue weighted by molar-refractivity contribution is 9.10. The van der Waals surface area contributed by atoms with Crippen LogP contribution in [0.15, 0.2) is 53.0 Å². The van der Waals surface area contributed by atoms with Gasteiger partial charge in [-0.1, -0.05) is 34.1 Å². The zero-order valence-corrected chi connectivity index (χ0v) is 23.5. The van der Waals surface area contributed by atoms with E-state index in [-0.39, 0.29) is 24.5 Å². The molecule has 2 atom stereocenters. The molecule has 0 radical (unpaired) electrons. The third-order valence-electron chi connectivity index (χ3n) is 6.37. The monoisotopic (exact) mass is 596 g/mol. The van der Waals surface area contributed by atoms with Gasteiger partial charge in [-0.25, -0.2) is 4.79 Å². The van der Waals surface area contributed by atoms with Crippen LogP contribution >= 0.6 is 15.9 Å². The van der Waals surface area contributed by atoms with Crippen molar-refractivity contribution in [1.29, 1.82) is 0 Å². The number of hydrogen-bond donors (Lipinski definition) is 0. The Morgan fingerprint density at radius 3 is 2.44 bits per heavy atom. The van der Waals surface area contributed by atoms with Crippen LogP contribution in [0.2, 0.25) is 0 Å². The molecule has 0 aliphatic carbocycles. The van der Waals surface area contributed by atoms with E-state index in [0.717, 1.165) is 4.47 Å². The number of likely N-dealkylation sites (tertiary alicyclic amines) is 1. The maximum absolute atomic E-state index is 13.1. The summed E-state index contributed by atoms with van der Waals surface area (Å²) in [4.78, 5) is 42.5. The number of aromatic nitrogens is 4. The summed E-state index contributed by atoms with van der Waals surface area (Å²) >= 11 is 3.45. The third-order valence-corrected chi connectivity index (χ3v) is 6.87. The standard InChI is InChI=1S/C27H29BrN6O5/c1-27(2,3)39-26(37)33-16-19(38-18-9-6-8-17(28)14-18)15-22(33)23-29-31-34(30-23)13-7-12-32-24(35)20-10-4-5-11-21(20)25(32)36/h4-6,8-11,14,19,22H,7,12-13,15-16H2,1-3H3/t19-,22-/m0/s1. The first kappa shape index (κ1) is 26.8. The van der Waals surface area contributed by atoms with Crippen LogP contribution in [0.25, 0.3) is 0 Å². The summed E-state index contributed by atoms with van der Waals surface area (Å²) in [5.41, 5.74) is 0.179. The SMILES string of the molecule is CC(C)(C)OC(=O)N1C[C@@H](Oc2cccc(Br)c2)C[C@H]1c1nnn(CCCN2C(=O)c3ccccc3C2=O)n1. The fraction of sp³-hybridized carbons (Fsp3) is 0.407. The van der Waals surface area contributed by atoms with Crippen molar-refractivity contribution in [2.24, 2.45) is 0 Å². The van der Waals surface area contributed by atoms with Crippen LogP contribution in [0.3, 0.4) is 0 Å². The molecule has 3 heterocycles. The number of tetrazole rings is 1. The van der Waals surface area contributed by atoms with Gasteiger partial charge in [0.05, 0.1) is 24.2 Å². The molecule has 1 aromatic heterocycles. The van der Waals surface area contributed by atoms with Crippen LogP contribution in [0, 0.1) is 0 Å². The molecule has 2 aliphatic heterocycles. The first-order valence-corrected chi connectivity index (χ1v) is 13.5. The quantitative estimate of drug-likeness (QED) is 0.371. The van der Waals surface area contributed by atoms with Gasteiger partial charge in [0.1, 0.15) is 23.5 Å². The second kappa shape index (κ2) is 10.8. The molecule has 0 unspecified atom stereocenters. The summed E-state index contributed by atoms with van der Waals surface area (Å²) in [5.74, 6) is 0.474. The Hall–Kier alpha value is -3.80. The molecule has 2 aromatic carbocycles. The molecular weight excluding hydrogens is 568 g/mol. The van der Waals surface area contributed by atoms with Crippen LogP contribution in [0.1, 0.15) is 66.2 Å². The summed E-state index contributed by atoms with van der Waals surface area (Å²) in [6.45, 7) is 6.33. The van der Waals surface area contributed by atoms with Crippen LogP contribution < -0.4 is 4.74 Å². The van der Waals surface area contributed by atoms with Gasteiger partial charge >= 0.3 is 6.09 Å². The summed E-state index contributed by atoms with van der Waals surface area (Å²) in [6.07, 6.45) is 0.149. The molecule has 12 heteroatoms. The molecule has 11 nitrogen and oxygen atoms in total. The average molecular weight is 597 g/mol. The van der Waals surface area contributed by atoms with Crippen LogP contribution in [-0.2, 0) is 11.3 Å². The van der Waals surface area contributed by atoms with E-state index in [4.69, 9.17) is 9.47 Å². The molecule has 2 aliphatic rings. The minimum atomic E-state index is -0.667. The summed E-state index contributed by atoms with van der Waals surface area (Å²) in [7, 11) is 0. The molecule has 1 fully saturated rings. The number of hydrogen-bond acceptors (Lipinski definition) is 8. The number of ether oxygens (including phenoxy) is 2. The van der Waals surface area contributed by atoms with Gasteiger partial charge in [0.15, 0.2) is 5.82 Å². The third kappa shape index (κ3) is 5.95. The Bertz CT molecular complexity index is 1370. The van der Waals surface area contributed by atoms with Gasteiger partial charge in [-0.3, -0.25) is 19.4 Å². The van der Waals surface area contributed by atoms with Crippen molar-refractivity contribution in [3.05, 3.63) is 70.0 Å². The van der Waals surface area contributed by atoms with E-state index >= 15 is 0 Å². The molecule has 5 rings (SSSR count). The van der Waals surface area contributed by atoms with E-state index in [1.807, 2.05) is 45.0 Å². The predicted octanol–water partition coefficient (Wildman–Crippen LogP) is 4.25.